The third-order valence-electron chi connectivity index (χ3n) is 3.80. The van der Waals surface area contributed by atoms with Crippen molar-refractivity contribution in [2.24, 2.45) is 0 Å². The molecule has 3 rings (SSSR count). The van der Waals surface area contributed by atoms with Crippen molar-refractivity contribution in [1.29, 1.82) is 0 Å². The summed E-state index contributed by atoms with van der Waals surface area (Å²) in [5.74, 6) is -0.540. The van der Waals surface area contributed by atoms with Crippen LogP contribution in [0.1, 0.15) is 16.4 Å². The molecule has 0 fully saturated rings. The summed E-state index contributed by atoms with van der Waals surface area (Å²) in [6.07, 6.45) is 0. The van der Waals surface area contributed by atoms with E-state index in [0.717, 1.165) is 16.0 Å². The first-order valence-electron chi connectivity index (χ1n) is 7.97. The number of hydrogen-bond acceptors (Lipinski definition) is 2. The van der Waals surface area contributed by atoms with Crippen molar-refractivity contribution in [3.05, 3.63) is 95.8 Å². The van der Waals surface area contributed by atoms with Crippen molar-refractivity contribution >= 4 is 23.4 Å². The predicted molar refractivity (Wildman–Crippen MR) is 101 cm³/mol. The minimum absolute atomic E-state index is 0.172. The van der Waals surface area contributed by atoms with Crippen LogP contribution in [-0.4, -0.2) is 5.91 Å². The quantitative estimate of drug-likeness (QED) is 0.606. The van der Waals surface area contributed by atoms with Crippen molar-refractivity contribution in [2.45, 2.75) is 17.1 Å². The van der Waals surface area contributed by atoms with Crippen molar-refractivity contribution in [3.63, 3.8) is 0 Å². The lowest BCUT2D eigenvalue weighted by atomic mass is 10.1. The van der Waals surface area contributed by atoms with E-state index >= 15 is 0 Å². The van der Waals surface area contributed by atoms with E-state index in [2.05, 4.69) is 5.32 Å². The van der Waals surface area contributed by atoms with Gasteiger partial charge in [0.1, 0.15) is 11.1 Å². The summed E-state index contributed by atoms with van der Waals surface area (Å²) in [6, 6.07) is 23.8. The number of rotatable bonds is 5. The fourth-order valence-corrected chi connectivity index (χ4v) is 3.51. The molecule has 0 aliphatic heterocycles. The second-order valence-corrected chi connectivity index (χ2v) is 6.85. The Kier molecular flexibility index (Phi) is 5.51. The molecule has 3 aromatic rings. The number of carbonyl (C=O) groups excluding carboxylic acids is 1. The molecular formula is C21H18FNOS. The van der Waals surface area contributed by atoms with Crippen LogP contribution in [0.25, 0.3) is 0 Å². The van der Waals surface area contributed by atoms with Gasteiger partial charge in [-0.2, -0.15) is 0 Å². The maximum Gasteiger partial charge on any atom is 0.242 e. The lowest BCUT2D eigenvalue weighted by Gasteiger charge is -2.18. The molecule has 0 spiro atoms. The van der Waals surface area contributed by atoms with Crippen LogP contribution in [0.4, 0.5) is 10.1 Å². The Morgan fingerprint density at radius 2 is 1.60 bits per heavy atom. The van der Waals surface area contributed by atoms with Gasteiger partial charge in [0.15, 0.2) is 0 Å². The highest BCUT2D eigenvalue weighted by atomic mass is 32.2. The molecule has 3 aromatic carbocycles. The van der Waals surface area contributed by atoms with Gasteiger partial charge in [0.25, 0.3) is 0 Å². The lowest BCUT2D eigenvalue weighted by Crippen LogP contribution is -2.19. The monoisotopic (exact) mass is 351 g/mol. The SMILES string of the molecule is Cc1ccc(F)cc1NC(=O)[C@H](Sc1ccccc1)c1ccccc1. The van der Waals surface area contributed by atoms with Crippen LogP contribution in [0.5, 0.6) is 0 Å². The summed E-state index contributed by atoms with van der Waals surface area (Å²) >= 11 is 1.47. The molecule has 2 nitrogen and oxygen atoms in total. The highest BCUT2D eigenvalue weighted by Gasteiger charge is 2.22. The van der Waals surface area contributed by atoms with E-state index in [4.69, 9.17) is 0 Å². The van der Waals surface area contributed by atoms with Gasteiger partial charge in [0.05, 0.1) is 0 Å². The van der Waals surface area contributed by atoms with Gasteiger partial charge in [-0.3, -0.25) is 4.79 Å². The Hall–Kier alpha value is -2.59. The zero-order chi connectivity index (χ0) is 17.6. The Morgan fingerprint density at radius 1 is 0.960 bits per heavy atom. The highest BCUT2D eigenvalue weighted by Crippen LogP contribution is 2.36. The molecule has 0 aliphatic carbocycles. The van der Waals surface area contributed by atoms with Crippen LogP contribution >= 0.6 is 11.8 Å². The van der Waals surface area contributed by atoms with Gasteiger partial charge < -0.3 is 5.32 Å². The maximum atomic E-state index is 13.5. The number of amides is 1. The number of aryl methyl sites for hydroxylation is 1. The molecule has 0 heterocycles. The van der Waals surface area contributed by atoms with Crippen LogP contribution in [-0.2, 0) is 4.79 Å². The van der Waals surface area contributed by atoms with Crippen LogP contribution < -0.4 is 5.32 Å². The number of hydrogen-bond donors (Lipinski definition) is 1. The summed E-state index contributed by atoms with van der Waals surface area (Å²) in [6.45, 7) is 1.84. The number of benzene rings is 3. The summed E-state index contributed by atoms with van der Waals surface area (Å²) in [5.41, 5.74) is 2.23. The van der Waals surface area contributed by atoms with Crippen molar-refractivity contribution in [3.8, 4) is 0 Å². The number of anilines is 1. The zero-order valence-corrected chi connectivity index (χ0v) is 14.6. The second kappa shape index (κ2) is 7.99. The minimum atomic E-state index is -0.425. The molecule has 126 valence electrons. The molecular weight excluding hydrogens is 333 g/mol. The summed E-state index contributed by atoms with van der Waals surface area (Å²) < 4.78 is 13.5. The maximum absolute atomic E-state index is 13.5. The van der Waals surface area contributed by atoms with Crippen LogP contribution in [0.3, 0.4) is 0 Å². The number of carbonyl (C=O) groups is 1. The van der Waals surface area contributed by atoms with Gasteiger partial charge >= 0.3 is 0 Å². The Morgan fingerprint density at radius 3 is 2.28 bits per heavy atom. The minimum Gasteiger partial charge on any atom is -0.324 e. The van der Waals surface area contributed by atoms with Gasteiger partial charge in [0.2, 0.25) is 5.91 Å². The van der Waals surface area contributed by atoms with Gasteiger partial charge in [-0.05, 0) is 42.3 Å². The topological polar surface area (TPSA) is 29.1 Å². The summed E-state index contributed by atoms with van der Waals surface area (Å²) in [5, 5.41) is 2.45. The first-order valence-corrected chi connectivity index (χ1v) is 8.85. The molecule has 4 heteroatoms. The first-order chi connectivity index (χ1) is 12.1. The van der Waals surface area contributed by atoms with Crippen LogP contribution in [0.2, 0.25) is 0 Å². The standard InChI is InChI=1S/C21H18FNOS/c1-15-12-13-17(22)14-19(15)23-21(24)20(16-8-4-2-5-9-16)25-18-10-6-3-7-11-18/h2-14,20H,1H3,(H,23,24)/t20-/m1/s1. The number of halogens is 1. The van der Waals surface area contributed by atoms with Crippen LogP contribution in [0, 0.1) is 12.7 Å². The predicted octanol–water partition coefficient (Wildman–Crippen LogP) is 5.61. The van der Waals surface area contributed by atoms with E-state index in [-0.39, 0.29) is 11.7 Å². The lowest BCUT2D eigenvalue weighted by molar-refractivity contribution is -0.115. The first kappa shape index (κ1) is 17.2. The van der Waals surface area contributed by atoms with E-state index in [1.54, 1.807) is 6.07 Å². The summed E-state index contributed by atoms with van der Waals surface area (Å²) in [4.78, 5) is 13.9. The molecule has 0 saturated heterocycles. The second-order valence-electron chi connectivity index (χ2n) is 5.67. The molecule has 0 radical (unpaired) electrons. The molecule has 25 heavy (non-hydrogen) atoms. The average molecular weight is 351 g/mol. The Bertz CT molecular complexity index is 852. The van der Waals surface area contributed by atoms with Gasteiger partial charge in [-0.1, -0.05) is 54.6 Å². The van der Waals surface area contributed by atoms with Gasteiger partial charge in [0, 0.05) is 10.6 Å². The van der Waals surface area contributed by atoms with E-state index in [1.807, 2.05) is 67.6 Å². The molecule has 1 N–H and O–H groups in total. The third kappa shape index (κ3) is 4.48. The van der Waals surface area contributed by atoms with E-state index < -0.39 is 5.25 Å². The van der Waals surface area contributed by atoms with Crippen molar-refractivity contribution in [2.75, 3.05) is 5.32 Å². The van der Waals surface area contributed by atoms with E-state index in [0.29, 0.717) is 5.69 Å². The highest BCUT2D eigenvalue weighted by molar-refractivity contribution is 8.00. The molecule has 0 aliphatic rings. The molecule has 0 aromatic heterocycles. The largest absolute Gasteiger partial charge is 0.324 e. The molecule has 0 saturated carbocycles. The molecule has 1 amide bonds. The molecule has 0 bridgehead atoms. The number of thioether (sulfide) groups is 1. The van der Waals surface area contributed by atoms with Crippen molar-refractivity contribution in [1.82, 2.24) is 0 Å². The van der Waals surface area contributed by atoms with Crippen LogP contribution in [0.15, 0.2) is 83.8 Å². The normalized spacial score (nSPS) is 11.8. The van der Waals surface area contributed by atoms with Gasteiger partial charge in [-0.25, -0.2) is 4.39 Å². The fraction of sp³-hybridized carbons (Fsp3) is 0.0952. The molecule has 1 atom stereocenters. The summed E-state index contributed by atoms with van der Waals surface area (Å²) in [7, 11) is 0. The van der Waals surface area contributed by atoms with E-state index in [1.165, 1.54) is 23.9 Å². The third-order valence-corrected chi connectivity index (χ3v) is 5.06. The van der Waals surface area contributed by atoms with Crippen molar-refractivity contribution < 1.29 is 9.18 Å². The number of nitrogens with one attached hydrogen (secondary N) is 1. The van der Waals surface area contributed by atoms with Gasteiger partial charge in [-0.15, -0.1) is 11.8 Å². The molecule has 0 unspecified atom stereocenters. The average Bonchev–Trinajstić information content (AvgIpc) is 2.64. The smallest absolute Gasteiger partial charge is 0.242 e. The Balaban J connectivity index is 1.88. The van der Waals surface area contributed by atoms with E-state index in [9.17, 15) is 9.18 Å². The fourth-order valence-electron chi connectivity index (χ4n) is 2.46. The Labute approximate surface area is 151 Å². The zero-order valence-electron chi connectivity index (χ0n) is 13.8.